The van der Waals surface area contributed by atoms with Crippen molar-refractivity contribution >= 4 is 29.5 Å². The van der Waals surface area contributed by atoms with Crippen molar-refractivity contribution in [3.8, 4) is 11.3 Å². The number of nitrogens with two attached hydrogens (primary N) is 1. The van der Waals surface area contributed by atoms with E-state index in [2.05, 4.69) is 30.2 Å². The molecule has 2 aromatic heterocycles. The van der Waals surface area contributed by atoms with Gasteiger partial charge < -0.3 is 40.0 Å². The molecule has 0 saturated carbocycles. The Morgan fingerprint density at radius 1 is 0.885 bits per heavy atom. The summed E-state index contributed by atoms with van der Waals surface area (Å²) in [5.74, 6) is -1.45. The van der Waals surface area contributed by atoms with Crippen LogP contribution in [0.25, 0.3) is 11.3 Å². The zero-order chi connectivity index (χ0) is 42.9. The highest BCUT2D eigenvalue weighted by Crippen LogP contribution is 2.29. The number of ether oxygens (including phenoxy) is 3. The average Bonchev–Trinajstić information content (AvgIpc) is 3.75. The second-order valence-corrected chi connectivity index (χ2v) is 17.2. The Bertz CT molecular complexity index is 2070. The average molecular weight is 840 g/mol. The minimum atomic E-state index is -1.34. The van der Waals surface area contributed by atoms with Gasteiger partial charge in [0.15, 0.2) is 11.5 Å². The third-order valence-corrected chi connectivity index (χ3v) is 11.6. The number of amides is 2. The van der Waals surface area contributed by atoms with E-state index >= 15 is 0 Å². The Morgan fingerprint density at radius 2 is 1.57 bits per heavy atom. The van der Waals surface area contributed by atoms with Gasteiger partial charge in [0.2, 0.25) is 6.10 Å². The number of nitrogen functional groups attached to an aromatic ring is 1. The van der Waals surface area contributed by atoms with Gasteiger partial charge in [-0.3, -0.25) is 9.48 Å². The largest absolute Gasteiger partial charge is 0.444 e. The standard InChI is InChI=1S/C45H58FN9O6/c1-45(2,3)61-44(58)54-23-17-37(18-24-54)59-26-25-52-19-13-31(14-20-52)29-53-21-15-36(16-22-53)55-30-33(27-49-55)38-28-48-41(47)39(51-38)43(57)60-40(32-7-5-4-6-8-32)42(56)50-35-11-9-34(46)10-12-35/h4-12,27-28,30-31,36-37,40H,13-26,29H2,1-3H3,(H2,47,48)(H,50,56)/t40-/m1/s1. The van der Waals surface area contributed by atoms with Crippen molar-refractivity contribution < 1.29 is 33.0 Å². The minimum absolute atomic E-state index is 0.135. The van der Waals surface area contributed by atoms with E-state index in [-0.39, 0.29) is 29.8 Å². The number of hydrogen-bond donors (Lipinski definition) is 2. The summed E-state index contributed by atoms with van der Waals surface area (Å²) in [6.07, 6.45) is 9.74. The van der Waals surface area contributed by atoms with Crippen LogP contribution in [0.1, 0.15) is 87.5 Å². The van der Waals surface area contributed by atoms with Gasteiger partial charge in [0.1, 0.15) is 11.4 Å². The normalized spacial score (nSPS) is 18.1. The van der Waals surface area contributed by atoms with E-state index in [0.717, 1.165) is 71.6 Å². The highest BCUT2D eigenvalue weighted by atomic mass is 19.1. The van der Waals surface area contributed by atoms with Crippen LogP contribution in [-0.4, -0.2) is 123 Å². The van der Waals surface area contributed by atoms with Gasteiger partial charge >= 0.3 is 12.1 Å². The first kappa shape index (κ1) is 43.6. The number of nitrogens with one attached hydrogen (secondary N) is 1. The van der Waals surface area contributed by atoms with E-state index in [4.69, 9.17) is 19.9 Å². The molecule has 0 radical (unpaired) electrons. The quantitative estimate of drug-likeness (QED) is 0.143. The fourth-order valence-corrected chi connectivity index (χ4v) is 8.17. The first-order chi connectivity index (χ1) is 29.4. The van der Waals surface area contributed by atoms with Gasteiger partial charge in [0, 0.05) is 62.3 Å². The maximum absolute atomic E-state index is 13.5. The van der Waals surface area contributed by atoms with Crippen molar-refractivity contribution in [2.24, 2.45) is 5.92 Å². The molecule has 3 aliphatic heterocycles. The first-order valence-electron chi connectivity index (χ1n) is 21.4. The maximum Gasteiger partial charge on any atom is 0.410 e. The Hall–Kier alpha value is -5.45. The number of carbonyl (C=O) groups excluding carboxylic acids is 3. The lowest BCUT2D eigenvalue weighted by atomic mass is 9.94. The predicted molar refractivity (Wildman–Crippen MR) is 228 cm³/mol. The molecule has 0 bridgehead atoms. The van der Waals surface area contributed by atoms with Gasteiger partial charge in [-0.25, -0.2) is 23.9 Å². The summed E-state index contributed by atoms with van der Waals surface area (Å²) in [7, 11) is 0. The molecule has 16 heteroatoms. The van der Waals surface area contributed by atoms with Gasteiger partial charge in [0.05, 0.1) is 36.8 Å². The van der Waals surface area contributed by atoms with E-state index in [1.54, 1.807) is 41.4 Å². The Morgan fingerprint density at radius 3 is 2.26 bits per heavy atom. The fraction of sp³-hybridized carbons (Fsp3) is 0.511. The van der Waals surface area contributed by atoms with Gasteiger partial charge in [-0.1, -0.05) is 30.3 Å². The van der Waals surface area contributed by atoms with Crippen LogP contribution in [0.3, 0.4) is 0 Å². The molecule has 326 valence electrons. The van der Waals surface area contributed by atoms with Gasteiger partial charge in [-0.2, -0.15) is 5.10 Å². The van der Waals surface area contributed by atoms with E-state index in [0.29, 0.717) is 41.5 Å². The number of carbonyl (C=O) groups is 3. The molecule has 3 N–H and O–H groups in total. The molecule has 7 rings (SSSR count). The zero-order valence-corrected chi connectivity index (χ0v) is 35.4. The summed E-state index contributed by atoms with van der Waals surface area (Å²) in [6, 6.07) is 14.1. The number of esters is 1. The second kappa shape index (κ2) is 19.9. The van der Waals surface area contributed by atoms with E-state index in [1.165, 1.54) is 43.3 Å². The van der Waals surface area contributed by atoms with E-state index in [1.807, 2.05) is 31.6 Å². The summed E-state index contributed by atoms with van der Waals surface area (Å²) in [5.41, 5.74) is 7.27. The molecule has 15 nitrogen and oxygen atoms in total. The molecule has 4 aromatic rings. The molecule has 3 saturated heterocycles. The smallest absolute Gasteiger partial charge is 0.410 e. The molecular formula is C45H58FN9O6. The summed E-state index contributed by atoms with van der Waals surface area (Å²) < 4.78 is 32.9. The number of likely N-dealkylation sites (tertiary alicyclic amines) is 3. The number of aromatic nitrogens is 4. The van der Waals surface area contributed by atoms with Crippen molar-refractivity contribution in [3.63, 3.8) is 0 Å². The van der Waals surface area contributed by atoms with E-state index in [9.17, 15) is 18.8 Å². The summed E-state index contributed by atoms with van der Waals surface area (Å²) in [4.78, 5) is 54.9. The Labute approximate surface area is 356 Å². The topological polar surface area (TPSA) is 170 Å². The van der Waals surface area contributed by atoms with Crippen molar-refractivity contribution in [2.75, 3.05) is 70.0 Å². The van der Waals surface area contributed by atoms with Crippen LogP contribution in [0.15, 0.2) is 73.2 Å². The number of rotatable bonds is 13. The molecular weight excluding hydrogens is 782 g/mol. The summed E-state index contributed by atoms with van der Waals surface area (Å²) >= 11 is 0. The monoisotopic (exact) mass is 839 g/mol. The molecule has 0 unspecified atom stereocenters. The Balaban J connectivity index is 0.845. The summed E-state index contributed by atoms with van der Waals surface area (Å²) in [5, 5.41) is 7.34. The van der Waals surface area contributed by atoms with Gasteiger partial charge in [-0.15, -0.1) is 0 Å². The molecule has 0 aliphatic carbocycles. The van der Waals surface area contributed by atoms with Gasteiger partial charge in [0.25, 0.3) is 5.91 Å². The molecule has 5 heterocycles. The SMILES string of the molecule is CC(C)(C)OC(=O)N1CCC(OCCN2CCC(CN3CCC(n4cc(-c5cnc(N)c(C(=O)O[C@@H](C(=O)Nc6ccc(F)cc6)c6ccccc6)n5)cn4)CC3)CC2)CC1. The number of halogens is 1. The third-order valence-electron chi connectivity index (χ3n) is 11.6. The van der Waals surface area contributed by atoms with Crippen molar-refractivity contribution in [2.45, 2.75) is 83.1 Å². The number of nitrogens with zero attached hydrogens (tertiary/aromatic N) is 7. The lowest BCUT2D eigenvalue weighted by molar-refractivity contribution is -0.125. The van der Waals surface area contributed by atoms with Crippen LogP contribution >= 0.6 is 0 Å². The number of anilines is 2. The lowest BCUT2D eigenvalue weighted by Gasteiger charge is -2.38. The zero-order valence-electron chi connectivity index (χ0n) is 35.4. The summed E-state index contributed by atoms with van der Waals surface area (Å²) in [6.45, 7) is 14.0. The Kier molecular flexibility index (Phi) is 14.3. The molecule has 3 aliphatic rings. The van der Waals surface area contributed by atoms with Crippen LogP contribution in [0.5, 0.6) is 0 Å². The molecule has 0 spiro atoms. The molecule has 1 atom stereocenters. The van der Waals surface area contributed by atoms with Crippen LogP contribution in [-0.2, 0) is 19.0 Å². The van der Waals surface area contributed by atoms with Crippen molar-refractivity contribution in [1.82, 2.24) is 34.4 Å². The molecule has 2 amide bonds. The maximum atomic E-state index is 13.5. The van der Waals surface area contributed by atoms with Gasteiger partial charge in [-0.05, 0) is 103 Å². The number of hydrogen-bond acceptors (Lipinski definition) is 12. The predicted octanol–water partition coefficient (Wildman–Crippen LogP) is 6.36. The number of piperidine rings is 3. The fourth-order valence-electron chi connectivity index (χ4n) is 8.17. The van der Waals surface area contributed by atoms with Crippen molar-refractivity contribution in [1.29, 1.82) is 0 Å². The molecule has 61 heavy (non-hydrogen) atoms. The lowest BCUT2D eigenvalue weighted by Crippen LogP contribution is -2.44. The van der Waals surface area contributed by atoms with Crippen LogP contribution < -0.4 is 11.1 Å². The highest BCUT2D eigenvalue weighted by Gasteiger charge is 2.31. The minimum Gasteiger partial charge on any atom is -0.444 e. The number of benzene rings is 2. The second-order valence-electron chi connectivity index (χ2n) is 17.2. The van der Waals surface area contributed by atoms with Crippen molar-refractivity contribution in [3.05, 3.63) is 90.3 Å². The van der Waals surface area contributed by atoms with Crippen LogP contribution in [0.2, 0.25) is 0 Å². The first-order valence-corrected chi connectivity index (χ1v) is 21.4. The van der Waals surface area contributed by atoms with Crippen LogP contribution in [0, 0.1) is 11.7 Å². The van der Waals surface area contributed by atoms with E-state index < -0.39 is 29.4 Å². The molecule has 2 aromatic carbocycles. The molecule has 3 fully saturated rings. The highest BCUT2D eigenvalue weighted by molar-refractivity contribution is 5.99. The van der Waals surface area contributed by atoms with Crippen LogP contribution in [0.4, 0.5) is 20.7 Å². The third kappa shape index (κ3) is 12.1.